The van der Waals surface area contributed by atoms with Gasteiger partial charge in [-0.15, -0.1) is 0 Å². The molecule has 0 aliphatic carbocycles. The molecule has 36 heavy (non-hydrogen) atoms. The number of halogens is 2. The van der Waals surface area contributed by atoms with E-state index in [4.69, 9.17) is 11.6 Å². The molecule has 0 bridgehead atoms. The van der Waals surface area contributed by atoms with Crippen molar-refractivity contribution in [2.75, 3.05) is 17.9 Å². The summed E-state index contributed by atoms with van der Waals surface area (Å²) in [5.41, 5.74) is 1.70. The summed E-state index contributed by atoms with van der Waals surface area (Å²) >= 11 is 9.54. The average molecular weight is 593 g/mol. The molecule has 0 aliphatic heterocycles. The lowest BCUT2D eigenvalue weighted by Gasteiger charge is -2.32. The number of sulfonamides is 1. The summed E-state index contributed by atoms with van der Waals surface area (Å²) < 4.78 is 29.3. The first-order valence-electron chi connectivity index (χ1n) is 11.1. The number of hydrogen-bond donors (Lipinski definition) is 1. The van der Waals surface area contributed by atoms with E-state index in [-0.39, 0.29) is 17.3 Å². The van der Waals surface area contributed by atoms with Crippen LogP contribution in [0, 0.1) is 6.92 Å². The van der Waals surface area contributed by atoms with E-state index in [1.165, 1.54) is 24.1 Å². The molecular weight excluding hydrogens is 566 g/mol. The number of aryl methyl sites for hydroxylation is 1. The third-order valence-electron chi connectivity index (χ3n) is 5.69. The van der Waals surface area contributed by atoms with Crippen molar-refractivity contribution in [3.05, 3.63) is 93.4 Å². The van der Waals surface area contributed by atoms with Gasteiger partial charge in [-0.25, -0.2) is 8.42 Å². The topological polar surface area (TPSA) is 86.8 Å². The predicted molar refractivity (Wildman–Crippen MR) is 145 cm³/mol. The van der Waals surface area contributed by atoms with Crippen LogP contribution in [0.15, 0.2) is 82.2 Å². The lowest BCUT2D eigenvalue weighted by atomic mass is 10.1. The zero-order valence-corrected chi connectivity index (χ0v) is 23.3. The van der Waals surface area contributed by atoms with Gasteiger partial charge in [0.1, 0.15) is 12.6 Å². The average Bonchev–Trinajstić information content (AvgIpc) is 2.85. The Kier molecular flexibility index (Phi) is 9.16. The fourth-order valence-corrected chi connectivity index (χ4v) is 5.93. The van der Waals surface area contributed by atoms with Gasteiger partial charge in [-0.05, 0) is 67.4 Å². The summed E-state index contributed by atoms with van der Waals surface area (Å²) in [5, 5.41) is 3.01. The summed E-state index contributed by atoms with van der Waals surface area (Å²) in [4.78, 5) is 27.7. The first-order valence-corrected chi connectivity index (χ1v) is 13.7. The number of carbonyl (C=O) groups excluding carboxylic acids is 2. The van der Waals surface area contributed by atoms with E-state index in [1.54, 1.807) is 50.2 Å². The Morgan fingerprint density at radius 1 is 1.03 bits per heavy atom. The maximum absolute atomic E-state index is 13.7. The number of anilines is 1. The maximum Gasteiger partial charge on any atom is 0.264 e. The molecule has 0 aliphatic rings. The van der Waals surface area contributed by atoms with Crippen LogP contribution in [-0.4, -0.2) is 44.8 Å². The summed E-state index contributed by atoms with van der Waals surface area (Å²) in [6.07, 6.45) is 0. The molecule has 0 radical (unpaired) electrons. The van der Waals surface area contributed by atoms with Crippen molar-refractivity contribution in [2.24, 2.45) is 0 Å². The predicted octanol–water partition coefficient (Wildman–Crippen LogP) is 4.77. The standard InChI is InChI=1S/C26H27BrClN3O4S/c1-18-14-22(28)12-13-24(18)31(36(34,35)23-10-5-4-6-11-23)17-25(32)30(19(2)26(33)29-3)16-20-8-7-9-21(27)15-20/h4-15,19H,16-17H2,1-3H3,(H,29,33)/t19-/m0/s1. The van der Waals surface area contributed by atoms with E-state index in [2.05, 4.69) is 21.2 Å². The summed E-state index contributed by atoms with van der Waals surface area (Å²) in [7, 11) is -2.62. The molecule has 0 saturated carbocycles. The van der Waals surface area contributed by atoms with Crippen LogP contribution in [0.3, 0.4) is 0 Å². The van der Waals surface area contributed by atoms with Gasteiger partial charge in [0.05, 0.1) is 10.6 Å². The second-order valence-corrected chi connectivity index (χ2v) is 11.4. The lowest BCUT2D eigenvalue weighted by molar-refractivity contribution is -0.139. The van der Waals surface area contributed by atoms with Crippen LogP contribution in [0.2, 0.25) is 5.02 Å². The summed E-state index contributed by atoms with van der Waals surface area (Å²) in [5.74, 6) is -0.890. The number of carbonyl (C=O) groups is 2. The SMILES string of the molecule is CNC(=O)[C@H](C)N(Cc1cccc(Br)c1)C(=O)CN(c1ccc(Cl)cc1C)S(=O)(=O)c1ccccc1. The van der Waals surface area contributed by atoms with Gasteiger partial charge >= 0.3 is 0 Å². The molecule has 2 amide bonds. The number of nitrogens with one attached hydrogen (secondary N) is 1. The second-order valence-electron chi connectivity index (χ2n) is 8.20. The number of likely N-dealkylation sites (N-methyl/N-ethyl adjacent to an activating group) is 1. The maximum atomic E-state index is 13.7. The van der Waals surface area contributed by atoms with Crippen LogP contribution in [0.5, 0.6) is 0 Å². The monoisotopic (exact) mass is 591 g/mol. The van der Waals surface area contributed by atoms with Crippen molar-refractivity contribution in [3.63, 3.8) is 0 Å². The highest BCUT2D eigenvalue weighted by atomic mass is 79.9. The van der Waals surface area contributed by atoms with E-state index in [0.717, 1.165) is 14.3 Å². The number of rotatable bonds is 9. The molecule has 3 aromatic rings. The van der Waals surface area contributed by atoms with E-state index in [0.29, 0.717) is 16.3 Å². The van der Waals surface area contributed by atoms with Crippen LogP contribution in [-0.2, 0) is 26.2 Å². The van der Waals surface area contributed by atoms with Crippen LogP contribution in [0.25, 0.3) is 0 Å². The van der Waals surface area contributed by atoms with Crippen molar-refractivity contribution in [2.45, 2.75) is 31.3 Å². The Bertz CT molecular complexity index is 1350. The molecule has 1 N–H and O–H groups in total. The zero-order valence-electron chi connectivity index (χ0n) is 20.1. The first-order chi connectivity index (χ1) is 17.0. The highest BCUT2D eigenvalue weighted by molar-refractivity contribution is 9.10. The number of amides is 2. The fraction of sp³-hybridized carbons (Fsp3) is 0.231. The van der Waals surface area contributed by atoms with Gasteiger partial charge < -0.3 is 10.2 Å². The largest absolute Gasteiger partial charge is 0.357 e. The third kappa shape index (κ3) is 6.46. The van der Waals surface area contributed by atoms with E-state index >= 15 is 0 Å². The van der Waals surface area contributed by atoms with E-state index in [9.17, 15) is 18.0 Å². The van der Waals surface area contributed by atoms with E-state index < -0.39 is 28.5 Å². The fourth-order valence-electron chi connectivity index (χ4n) is 3.76. The highest BCUT2D eigenvalue weighted by Crippen LogP contribution is 2.29. The Hall–Kier alpha value is -2.88. The molecule has 1 atom stereocenters. The molecule has 7 nitrogen and oxygen atoms in total. The summed E-state index contributed by atoms with van der Waals surface area (Å²) in [6.45, 7) is 2.95. The molecule has 0 saturated heterocycles. The van der Waals surface area contributed by atoms with Crippen molar-refractivity contribution in [1.82, 2.24) is 10.2 Å². The van der Waals surface area contributed by atoms with Gasteiger partial charge in [0.2, 0.25) is 11.8 Å². The molecular formula is C26H27BrClN3O4S. The molecule has 0 fully saturated rings. The minimum Gasteiger partial charge on any atom is -0.357 e. The molecule has 0 spiro atoms. The molecule has 3 aromatic carbocycles. The quantitative estimate of drug-likeness (QED) is 0.388. The smallest absolute Gasteiger partial charge is 0.264 e. The molecule has 0 aromatic heterocycles. The van der Waals surface area contributed by atoms with Crippen molar-refractivity contribution in [1.29, 1.82) is 0 Å². The molecule has 0 heterocycles. The summed E-state index contributed by atoms with van der Waals surface area (Å²) in [6, 6.07) is 19.2. The van der Waals surface area contributed by atoms with Crippen molar-refractivity contribution < 1.29 is 18.0 Å². The second kappa shape index (κ2) is 11.9. The molecule has 3 rings (SSSR count). The van der Waals surface area contributed by atoms with Gasteiger partial charge in [-0.3, -0.25) is 13.9 Å². The van der Waals surface area contributed by atoms with Crippen LogP contribution >= 0.6 is 27.5 Å². The van der Waals surface area contributed by atoms with Crippen LogP contribution < -0.4 is 9.62 Å². The number of hydrogen-bond acceptors (Lipinski definition) is 4. The minimum atomic E-state index is -4.11. The lowest BCUT2D eigenvalue weighted by Crippen LogP contribution is -2.50. The van der Waals surface area contributed by atoms with Crippen LogP contribution in [0.1, 0.15) is 18.1 Å². The first kappa shape index (κ1) is 27.7. The Balaban J connectivity index is 2.06. The Morgan fingerprint density at radius 3 is 2.33 bits per heavy atom. The normalized spacial score (nSPS) is 12.0. The Morgan fingerprint density at radius 2 is 1.72 bits per heavy atom. The Labute approximate surface area is 225 Å². The molecule has 190 valence electrons. The zero-order chi connectivity index (χ0) is 26.5. The van der Waals surface area contributed by atoms with Crippen LogP contribution in [0.4, 0.5) is 5.69 Å². The van der Waals surface area contributed by atoms with Crippen molar-refractivity contribution >= 4 is 55.1 Å². The highest BCUT2D eigenvalue weighted by Gasteiger charge is 2.32. The number of benzene rings is 3. The number of nitrogens with zero attached hydrogens (tertiary/aromatic N) is 2. The van der Waals surface area contributed by atoms with E-state index in [1.807, 2.05) is 24.3 Å². The third-order valence-corrected chi connectivity index (χ3v) is 8.20. The van der Waals surface area contributed by atoms with Gasteiger partial charge in [0, 0.05) is 23.1 Å². The molecule has 10 heteroatoms. The van der Waals surface area contributed by atoms with Gasteiger partial charge in [-0.2, -0.15) is 0 Å². The molecule has 0 unspecified atom stereocenters. The van der Waals surface area contributed by atoms with Crippen molar-refractivity contribution in [3.8, 4) is 0 Å². The van der Waals surface area contributed by atoms with Gasteiger partial charge in [0.25, 0.3) is 10.0 Å². The van der Waals surface area contributed by atoms with Gasteiger partial charge in [0.15, 0.2) is 0 Å². The minimum absolute atomic E-state index is 0.0463. The van der Waals surface area contributed by atoms with Gasteiger partial charge in [-0.1, -0.05) is 57.9 Å².